The molecule has 162 valence electrons. The Morgan fingerprint density at radius 1 is 1.17 bits per heavy atom. The largest absolute Gasteiger partial charge is 0.459 e. The van der Waals surface area contributed by atoms with Gasteiger partial charge in [-0.05, 0) is 56.7 Å². The first kappa shape index (κ1) is 22.5. The van der Waals surface area contributed by atoms with Crippen molar-refractivity contribution < 1.29 is 22.7 Å². The van der Waals surface area contributed by atoms with Crippen molar-refractivity contribution in [3.8, 4) is 0 Å². The number of hydrogen-bond donors (Lipinski definition) is 1. The number of carbonyl (C=O) groups excluding carboxylic acids is 2. The van der Waals surface area contributed by atoms with E-state index in [0.29, 0.717) is 17.0 Å². The average Bonchev–Trinajstić information content (AvgIpc) is 3.10. The first-order chi connectivity index (χ1) is 14.3. The second kappa shape index (κ2) is 9.75. The zero-order valence-electron chi connectivity index (χ0n) is 17.3. The normalized spacial score (nSPS) is 14.6. The number of esters is 1. The standard InChI is InChI=1S/C22H27NO5S2/c1-3-15(2)28-22(25)20-17-11-7-8-12-18(17)29-21(20)23-19(24)13-14-30(26,27)16-9-5-4-6-10-16/h4-6,9-10,15H,3,7-8,11-14H2,1-2H3,(H,23,24). The van der Waals surface area contributed by atoms with Crippen LogP contribution in [-0.4, -0.2) is 32.2 Å². The van der Waals surface area contributed by atoms with E-state index in [1.54, 1.807) is 18.2 Å². The number of benzene rings is 1. The lowest BCUT2D eigenvalue weighted by atomic mass is 9.95. The van der Waals surface area contributed by atoms with E-state index in [4.69, 9.17) is 4.74 Å². The summed E-state index contributed by atoms with van der Waals surface area (Å²) in [6.07, 6.45) is 4.02. The Balaban J connectivity index is 1.74. The highest BCUT2D eigenvalue weighted by Gasteiger charge is 2.28. The van der Waals surface area contributed by atoms with Crippen molar-refractivity contribution in [3.05, 3.63) is 46.3 Å². The van der Waals surface area contributed by atoms with Crippen LogP contribution in [-0.2, 0) is 32.2 Å². The highest BCUT2D eigenvalue weighted by atomic mass is 32.2. The van der Waals surface area contributed by atoms with Crippen LogP contribution in [0.5, 0.6) is 0 Å². The fourth-order valence-corrected chi connectivity index (χ4v) is 5.91. The minimum absolute atomic E-state index is 0.181. The van der Waals surface area contributed by atoms with Gasteiger partial charge in [0.25, 0.3) is 0 Å². The Hall–Kier alpha value is -2.19. The number of aryl methyl sites for hydroxylation is 1. The molecule has 1 atom stereocenters. The molecule has 0 fully saturated rings. The molecule has 0 radical (unpaired) electrons. The lowest BCUT2D eigenvalue weighted by molar-refractivity contribution is -0.115. The molecule has 0 bridgehead atoms. The van der Waals surface area contributed by atoms with Crippen molar-refractivity contribution in [2.45, 2.75) is 63.4 Å². The molecular formula is C22H27NO5S2. The van der Waals surface area contributed by atoms with Gasteiger partial charge in [0.1, 0.15) is 5.00 Å². The van der Waals surface area contributed by atoms with E-state index in [0.717, 1.165) is 36.1 Å². The third-order valence-electron chi connectivity index (χ3n) is 5.21. The number of thiophene rings is 1. The molecule has 1 aromatic heterocycles. The minimum atomic E-state index is -3.54. The Bertz CT molecular complexity index is 1010. The zero-order chi connectivity index (χ0) is 21.7. The van der Waals surface area contributed by atoms with Gasteiger partial charge in [-0.1, -0.05) is 25.1 Å². The molecule has 2 aromatic rings. The number of carbonyl (C=O) groups is 2. The second-order valence-corrected chi connectivity index (χ2v) is 10.7. The number of amides is 1. The van der Waals surface area contributed by atoms with Crippen molar-refractivity contribution in [1.82, 2.24) is 0 Å². The maximum atomic E-state index is 12.8. The van der Waals surface area contributed by atoms with Gasteiger partial charge < -0.3 is 10.1 Å². The number of ether oxygens (including phenoxy) is 1. The predicted octanol–water partition coefficient (Wildman–Crippen LogP) is 4.38. The Labute approximate surface area is 181 Å². The van der Waals surface area contributed by atoms with Gasteiger partial charge in [0.2, 0.25) is 5.91 Å². The third kappa shape index (κ3) is 5.29. The summed E-state index contributed by atoms with van der Waals surface area (Å²) in [6.45, 7) is 3.78. The molecule has 0 saturated carbocycles. The van der Waals surface area contributed by atoms with Crippen molar-refractivity contribution in [2.75, 3.05) is 11.1 Å². The van der Waals surface area contributed by atoms with E-state index in [2.05, 4.69) is 5.32 Å². The number of fused-ring (bicyclic) bond motifs is 1. The fraction of sp³-hybridized carbons (Fsp3) is 0.455. The lowest BCUT2D eigenvalue weighted by Crippen LogP contribution is -2.20. The Morgan fingerprint density at radius 2 is 1.87 bits per heavy atom. The van der Waals surface area contributed by atoms with E-state index >= 15 is 0 Å². The summed E-state index contributed by atoms with van der Waals surface area (Å²) in [5.74, 6) is -1.14. The minimum Gasteiger partial charge on any atom is -0.459 e. The van der Waals surface area contributed by atoms with Crippen molar-refractivity contribution in [3.63, 3.8) is 0 Å². The quantitative estimate of drug-likeness (QED) is 0.604. The first-order valence-electron chi connectivity index (χ1n) is 10.2. The molecular weight excluding hydrogens is 422 g/mol. The highest BCUT2D eigenvalue weighted by Crippen LogP contribution is 2.39. The average molecular weight is 450 g/mol. The fourth-order valence-electron chi connectivity index (χ4n) is 3.36. The molecule has 3 rings (SSSR count). The summed E-state index contributed by atoms with van der Waals surface area (Å²) < 4.78 is 30.4. The van der Waals surface area contributed by atoms with Crippen LogP contribution in [0.1, 0.15) is 60.3 Å². The monoisotopic (exact) mass is 449 g/mol. The Kier molecular flexibility index (Phi) is 7.31. The van der Waals surface area contributed by atoms with Crippen LogP contribution in [0, 0.1) is 0 Å². The number of rotatable bonds is 8. The molecule has 1 heterocycles. The van der Waals surface area contributed by atoms with Crippen molar-refractivity contribution >= 4 is 38.1 Å². The summed E-state index contributed by atoms with van der Waals surface area (Å²) in [6, 6.07) is 8.08. The van der Waals surface area contributed by atoms with Gasteiger partial charge in [-0.15, -0.1) is 11.3 Å². The molecule has 1 unspecified atom stereocenters. The summed E-state index contributed by atoms with van der Waals surface area (Å²) in [5, 5.41) is 3.25. The topological polar surface area (TPSA) is 89.5 Å². The highest BCUT2D eigenvalue weighted by molar-refractivity contribution is 7.91. The number of anilines is 1. The molecule has 0 saturated heterocycles. The Morgan fingerprint density at radius 3 is 2.57 bits per heavy atom. The molecule has 6 nitrogen and oxygen atoms in total. The second-order valence-electron chi connectivity index (χ2n) is 7.47. The van der Waals surface area contributed by atoms with E-state index < -0.39 is 21.7 Å². The van der Waals surface area contributed by atoms with Crippen molar-refractivity contribution in [2.24, 2.45) is 0 Å². The van der Waals surface area contributed by atoms with Crippen molar-refractivity contribution in [1.29, 1.82) is 0 Å². The molecule has 1 N–H and O–H groups in total. The van der Waals surface area contributed by atoms with Gasteiger partial charge >= 0.3 is 5.97 Å². The van der Waals surface area contributed by atoms with Gasteiger partial charge in [0, 0.05) is 11.3 Å². The van der Waals surface area contributed by atoms with Crippen LogP contribution in [0.15, 0.2) is 35.2 Å². The van der Waals surface area contributed by atoms with Gasteiger partial charge in [-0.25, -0.2) is 13.2 Å². The smallest absolute Gasteiger partial charge is 0.341 e. The SMILES string of the molecule is CCC(C)OC(=O)c1c(NC(=O)CCS(=O)(=O)c2ccccc2)sc2c1CCCC2. The summed E-state index contributed by atoms with van der Waals surface area (Å²) in [7, 11) is -3.54. The summed E-state index contributed by atoms with van der Waals surface area (Å²) >= 11 is 1.40. The van der Waals surface area contributed by atoms with Crippen LogP contribution >= 0.6 is 11.3 Å². The van der Waals surface area contributed by atoms with Gasteiger partial charge in [0.15, 0.2) is 9.84 Å². The van der Waals surface area contributed by atoms with Gasteiger partial charge in [0.05, 0.1) is 22.3 Å². The van der Waals surface area contributed by atoms with Crippen LogP contribution in [0.3, 0.4) is 0 Å². The van der Waals surface area contributed by atoms with E-state index in [9.17, 15) is 18.0 Å². The predicted molar refractivity (Wildman–Crippen MR) is 118 cm³/mol. The van der Waals surface area contributed by atoms with E-state index in [1.807, 2.05) is 13.8 Å². The van der Waals surface area contributed by atoms with Crippen LogP contribution < -0.4 is 5.32 Å². The molecule has 0 aliphatic heterocycles. The lowest BCUT2D eigenvalue weighted by Gasteiger charge is -2.15. The zero-order valence-corrected chi connectivity index (χ0v) is 18.9. The molecule has 1 aliphatic carbocycles. The molecule has 30 heavy (non-hydrogen) atoms. The molecule has 0 spiro atoms. The van der Waals surface area contributed by atoms with E-state index in [1.165, 1.54) is 23.5 Å². The van der Waals surface area contributed by atoms with Gasteiger partial charge in [-0.3, -0.25) is 4.79 Å². The van der Waals surface area contributed by atoms with E-state index in [-0.39, 0.29) is 23.2 Å². The van der Waals surface area contributed by atoms with Crippen LogP contribution in [0.2, 0.25) is 0 Å². The number of nitrogens with one attached hydrogen (secondary N) is 1. The first-order valence-corrected chi connectivity index (χ1v) is 12.7. The summed E-state index contributed by atoms with van der Waals surface area (Å²) in [5.41, 5.74) is 1.40. The molecule has 1 amide bonds. The van der Waals surface area contributed by atoms with Crippen LogP contribution in [0.25, 0.3) is 0 Å². The maximum Gasteiger partial charge on any atom is 0.341 e. The maximum absolute atomic E-state index is 12.8. The number of sulfone groups is 1. The van der Waals surface area contributed by atoms with Gasteiger partial charge in [-0.2, -0.15) is 0 Å². The summed E-state index contributed by atoms with van der Waals surface area (Å²) in [4.78, 5) is 26.6. The van der Waals surface area contributed by atoms with Crippen LogP contribution in [0.4, 0.5) is 5.00 Å². The molecule has 1 aromatic carbocycles. The molecule has 1 aliphatic rings. The third-order valence-corrected chi connectivity index (χ3v) is 8.15. The number of hydrogen-bond acceptors (Lipinski definition) is 6. The molecule has 8 heteroatoms.